The Labute approximate surface area is 147 Å². The van der Waals surface area contributed by atoms with Crippen LogP contribution in [0.4, 0.5) is 0 Å². The van der Waals surface area contributed by atoms with Crippen LogP contribution in [0.25, 0.3) is 0 Å². The highest BCUT2D eigenvalue weighted by Gasteiger charge is 1.97. The second-order valence-corrected chi connectivity index (χ2v) is 5.21. The van der Waals surface area contributed by atoms with Crippen molar-refractivity contribution < 1.29 is 14.2 Å². The van der Waals surface area contributed by atoms with Crippen molar-refractivity contribution in [3.63, 3.8) is 0 Å². The Hall–Kier alpha value is -3.38. The zero-order valence-electron chi connectivity index (χ0n) is 13.9. The van der Waals surface area contributed by atoms with Crippen molar-refractivity contribution in [2.75, 3.05) is 13.7 Å². The van der Waals surface area contributed by atoms with E-state index in [9.17, 15) is 0 Å². The maximum absolute atomic E-state index is 5.74. The van der Waals surface area contributed by atoms with E-state index in [1.807, 2.05) is 78.9 Å². The van der Waals surface area contributed by atoms with Crippen molar-refractivity contribution >= 4 is 0 Å². The number of rotatable bonds is 5. The number of ether oxygens (including phenoxy) is 3. The fourth-order valence-corrected chi connectivity index (χ4v) is 2.16. The molecule has 0 amide bonds. The van der Waals surface area contributed by atoms with Crippen molar-refractivity contribution in [3.05, 3.63) is 84.4 Å². The fourth-order valence-electron chi connectivity index (χ4n) is 2.16. The van der Waals surface area contributed by atoms with Gasteiger partial charge in [0.05, 0.1) is 7.11 Å². The summed E-state index contributed by atoms with van der Waals surface area (Å²) in [5.41, 5.74) is 0.927. The second-order valence-electron chi connectivity index (χ2n) is 5.21. The highest BCUT2D eigenvalue weighted by atomic mass is 16.5. The molecule has 0 heterocycles. The Bertz CT molecular complexity index is 842. The molecule has 0 aromatic heterocycles. The molecule has 3 heteroatoms. The van der Waals surface area contributed by atoms with Crippen LogP contribution < -0.4 is 14.2 Å². The van der Waals surface area contributed by atoms with Crippen LogP contribution in [0, 0.1) is 11.8 Å². The van der Waals surface area contributed by atoms with Crippen molar-refractivity contribution in [3.8, 4) is 34.8 Å². The summed E-state index contributed by atoms with van der Waals surface area (Å²) >= 11 is 0. The highest BCUT2D eigenvalue weighted by Crippen LogP contribution is 2.23. The number of hydrogen-bond acceptors (Lipinski definition) is 3. The Kier molecular flexibility index (Phi) is 5.58. The molecule has 0 aliphatic heterocycles. The van der Waals surface area contributed by atoms with Crippen LogP contribution in [0.3, 0.4) is 0 Å². The molecule has 25 heavy (non-hydrogen) atoms. The maximum atomic E-state index is 5.74. The van der Waals surface area contributed by atoms with Gasteiger partial charge in [0.15, 0.2) is 0 Å². The van der Waals surface area contributed by atoms with Gasteiger partial charge in [0.2, 0.25) is 0 Å². The third kappa shape index (κ3) is 5.05. The summed E-state index contributed by atoms with van der Waals surface area (Å²) in [6.45, 7) is 0.324. The molecule has 0 atom stereocenters. The first-order valence-electron chi connectivity index (χ1n) is 7.92. The molecule has 0 aliphatic rings. The topological polar surface area (TPSA) is 27.7 Å². The Morgan fingerprint density at radius 3 is 1.96 bits per heavy atom. The summed E-state index contributed by atoms with van der Waals surface area (Å²) in [5.74, 6) is 9.20. The van der Waals surface area contributed by atoms with Crippen molar-refractivity contribution in [1.29, 1.82) is 0 Å². The van der Waals surface area contributed by atoms with Crippen LogP contribution >= 0.6 is 0 Å². The number of hydrogen-bond donors (Lipinski definition) is 0. The van der Waals surface area contributed by atoms with Gasteiger partial charge in [-0.1, -0.05) is 30.0 Å². The largest absolute Gasteiger partial charge is 0.497 e. The summed E-state index contributed by atoms with van der Waals surface area (Å²) in [6.07, 6.45) is 0. The lowest BCUT2D eigenvalue weighted by atomic mass is 10.2. The molecule has 124 valence electrons. The Morgan fingerprint density at radius 1 is 0.680 bits per heavy atom. The molecule has 0 spiro atoms. The summed E-state index contributed by atoms with van der Waals surface area (Å²) in [6, 6.07) is 24.8. The van der Waals surface area contributed by atoms with E-state index in [-0.39, 0.29) is 0 Å². The van der Waals surface area contributed by atoms with Gasteiger partial charge in [-0.25, -0.2) is 0 Å². The minimum absolute atomic E-state index is 0.324. The van der Waals surface area contributed by atoms with Crippen LogP contribution in [-0.2, 0) is 0 Å². The van der Waals surface area contributed by atoms with Gasteiger partial charge >= 0.3 is 0 Å². The molecular weight excluding hydrogens is 312 g/mol. The minimum atomic E-state index is 0.324. The lowest BCUT2D eigenvalue weighted by Gasteiger charge is -2.06. The molecule has 0 saturated carbocycles. The average Bonchev–Trinajstić information content (AvgIpc) is 2.68. The molecule has 3 aromatic carbocycles. The monoisotopic (exact) mass is 330 g/mol. The molecule has 3 aromatic rings. The fraction of sp³-hybridized carbons (Fsp3) is 0.0909. The molecule has 3 nitrogen and oxygen atoms in total. The predicted octanol–water partition coefficient (Wildman–Crippen LogP) is 4.92. The van der Waals surface area contributed by atoms with E-state index in [1.54, 1.807) is 7.11 Å². The van der Waals surface area contributed by atoms with Gasteiger partial charge in [-0.05, 0) is 60.7 Å². The lowest BCUT2D eigenvalue weighted by molar-refractivity contribution is 0.369. The van der Waals surface area contributed by atoms with E-state index in [0.29, 0.717) is 6.61 Å². The smallest absolute Gasteiger partial charge is 0.149 e. The predicted molar refractivity (Wildman–Crippen MR) is 98.3 cm³/mol. The summed E-state index contributed by atoms with van der Waals surface area (Å²) in [7, 11) is 1.64. The van der Waals surface area contributed by atoms with Crippen LogP contribution in [-0.4, -0.2) is 13.7 Å². The van der Waals surface area contributed by atoms with Crippen molar-refractivity contribution in [1.82, 2.24) is 0 Å². The van der Waals surface area contributed by atoms with Gasteiger partial charge < -0.3 is 14.2 Å². The van der Waals surface area contributed by atoms with Gasteiger partial charge in [0.1, 0.15) is 29.6 Å². The SMILES string of the molecule is COc1ccc(C#CCOc2ccc(Oc3ccccc3)cc2)cc1. The van der Waals surface area contributed by atoms with Crippen LogP contribution in [0.2, 0.25) is 0 Å². The molecule has 3 rings (SSSR count). The van der Waals surface area contributed by atoms with Crippen LogP contribution in [0.15, 0.2) is 78.9 Å². The van der Waals surface area contributed by atoms with Gasteiger partial charge in [0, 0.05) is 5.56 Å². The molecule has 0 N–H and O–H groups in total. The number of methoxy groups -OCH3 is 1. The average molecular weight is 330 g/mol. The zero-order valence-corrected chi connectivity index (χ0v) is 13.9. The number of benzene rings is 3. The van der Waals surface area contributed by atoms with E-state index < -0.39 is 0 Å². The van der Waals surface area contributed by atoms with Gasteiger partial charge in [-0.15, -0.1) is 0 Å². The van der Waals surface area contributed by atoms with Crippen LogP contribution in [0.5, 0.6) is 23.0 Å². The highest BCUT2D eigenvalue weighted by molar-refractivity contribution is 5.39. The molecule has 0 saturated heterocycles. The first-order valence-corrected chi connectivity index (χ1v) is 7.92. The molecule has 0 radical (unpaired) electrons. The Morgan fingerprint density at radius 2 is 1.28 bits per heavy atom. The normalized spacial score (nSPS) is 9.64. The molecule has 0 fully saturated rings. The molecule has 0 bridgehead atoms. The Balaban J connectivity index is 1.51. The lowest BCUT2D eigenvalue weighted by Crippen LogP contribution is -1.94. The summed E-state index contributed by atoms with van der Waals surface area (Å²) < 4.78 is 16.5. The molecular formula is C22H18O3. The third-order valence-electron chi connectivity index (χ3n) is 3.44. The van der Waals surface area contributed by atoms with Gasteiger partial charge in [0.25, 0.3) is 0 Å². The van der Waals surface area contributed by atoms with E-state index in [4.69, 9.17) is 14.2 Å². The van der Waals surface area contributed by atoms with Gasteiger partial charge in [-0.3, -0.25) is 0 Å². The first kappa shape index (κ1) is 16.5. The van der Waals surface area contributed by atoms with Gasteiger partial charge in [-0.2, -0.15) is 0 Å². The minimum Gasteiger partial charge on any atom is -0.497 e. The first-order chi connectivity index (χ1) is 12.3. The van der Waals surface area contributed by atoms with E-state index in [2.05, 4.69) is 11.8 Å². The molecule has 0 aliphatic carbocycles. The van der Waals surface area contributed by atoms with Crippen molar-refractivity contribution in [2.24, 2.45) is 0 Å². The second kappa shape index (κ2) is 8.47. The third-order valence-corrected chi connectivity index (χ3v) is 3.44. The standard InChI is InChI=1S/C22H18O3/c1-23-19-11-9-18(10-12-19)6-5-17-24-20-13-15-22(16-14-20)25-21-7-3-2-4-8-21/h2-4,7-16H,17H2,1H3. The summed E-state index contributed by atoms with van der Waals surface area (Å²) in [5, 5.41) is 0. The number of para-hydroxylation sites is 1. The van der Waals surface area contributed by atoms with E-state index in [1.165, 1.54) is 0 Å². The quantitative estimate of drug-likeness (QED) is 0.622. The van der Waals surface area contributed by atoms with Crippen LogP contribution in [0.1, 0.15) is 5.56 Å². The van der Waals surface area contributed by atoms with E-state index in [0.717, 1.165) is 28.6 Å². The van der Waals surface area contributed by atoms with E-state index >= 15 is 0 Å². The summed E-state index contributed by atoms with van der Waals surface area (Å²) in [4.78, 5) is 0. The molecule has 0 unspecified atom stereocenters. The van der Waals surface area contributed by atoms with Crippen molar-refractivity contribution in [2.45, 2.75) is 0 Å². The zero-order chi connectivity index (χ0) is 17.3. The maximum Gasteiger partial charge on any atom is 0.149 e.